The lowest BCUT2D eigenvalue weighted by Gasteiger charge is -2.10. The Hall–Kier alpha value is -0.0500. The second kappa shape index (κ2) is 6.04. The summed E-state index contributed by atoms with van der Waals surface area (Å²) in [5.74, 6) is 0. The van der Waals surface area contributed by atoms with Crippen LogP contribution in [0.5, 0.6) is 0 Å². The SMILES string of the molecule is CCCNS(=O)(=O)Nc1ccc(Cl)cc1I. The quantitative estimate of drug-likeness (QED) is 0.778. The van der Waals surface area contributed by atoms with Gasteiger partial charge in [-0.3, -0.25) is 4.72 Å². The van der Waals surface area contributed by atoms with Gasteiger partial charge in [-0.1, -0.05) is 18.5 Å². The highest BCUT2D eigenvalue weighted by Crippen LogP contribution is 2.22. The van der Waals surface area contributed by atoms with Crippen LogP contribution >= 0.6 is 34.2 Å². The number of nitrogens with one attached hydrogen (secondary N) is 2. The van der Waals surface area contributed by atoms with Gasteiger partial charge in [-0.15, -0.1) is 0 Å². The molecule has 0 aliphatic carbocycles. The Bertz CT molecular complexity index is 465. The molecular formula is C9H12ClIN2O2S. The maximum Gasteiger partial charge on any atom is 0.299 e. The molecule has 0 bridgehead atoms. The number of hydrogen-bond donors (Lipinski definition) is 2. The van der Waals surface area contributed by atoms with Gasteiger partial charge in [0.2, 0.25) is 0 Å². The lowest BCUT2D eigenvalue weighted by molar-refractivity contribution is 0.586. The third-order valence-electron chi connectivity index (χ3n) is 1.72. The van der Waals surface area contributed by atoms with Crippen molar-refractivity contribution in [2.24, 2.45) is 0 Å². The summed E-state index contributed by atoms with van der Waals surface area (Å²) in [6.45, 7) is 2.31. The van der Waals surface area contributed by atoms with Crippen molar-refractivity contribution in [1.29, 1.82) is 0 Å². The highest BCUT2D eigenvalue weighted by atomic mass is 127. The van der Waals surface area contributed by atoms with Crippen LogP contribution in [0, 0.1) is 3.57 Å². The Morgan fingerprint density at radius 3 is 2.69 bits per heavy atom. The zero-order valence-corrected chi connectivity index (χ0v) is 12.4. The molecule has 1 aromatic rings. The number of rotatable bonds is 5. The fourth-order valence-corrected chi connectivity index (χ4v) is 3.19. The Morgan fingerprint density at radius 2 is 2.12 bits per heavy atom. The molecule has 7 heteroatoms. The number of anilines is 1. The average Bonchev–Trinajstić information content (AvgIpc) is 2.19. The number of halogens is 2. The number of hydrogen-bond acceptors (Lipinski definition) is 2. The van der Waals surface area contributed by atoms with Crippen LogP contribution in [0.4, 0.5) is 5.69 Å². The van der Waals surface area contributed by atoms with E-state index in [1.165, 1.54) is 0 Å². The van der Waals surface area contributed by atoms with Gasteiger partial charge in [0, 0.05) is 15.1 Å². The van der Waals surface area contributed by atoms with Gasteiger partial charge in [0.05, 0.1) is 5.69 Å². The average molecular weight is 375 g/mol. The van der Waals surface area contributed by atoms with E-state index in [9.17, 15) is 8.42 Å². The molecule has 1 aromatic carbocycles. The zero-order chi connectivity index (χ0) is 12.2. The van der Waals surface area contributed by atoms with E-state index >= 15 is 0 Å². The van der Waals surface area contributed by atoms with Gasteiger partial charge < -0.3 is 0 Å². The first kappa shape index (κ1) is 14.0. The van der Waals surface area contributed by atoms with Crippen molar-refractivity contribution in [1.82, 2.24) is 4.72 Å². The van der Waals surface area contributed by atoms with Crippen molar-refractivity contribution < 1.29 is 8.42 Å². The standard InChI is InChI=1S/C9H12ClIN2O2S/c1-2-5-12-16(14,15)13-9-4-3-7(10)6-8(9)11/h3-4,6,12-13H,2,5H2,1H3. The van der Waals surface area contributed by atoms with Gasteiger partial charge in [-0.25, -0.2) is 0 Å². The van der Waals surface area contributed by atoms with Gasteiger partial charge >= 0.3 is 0 Å². The van der Waals surface area contributed by atoms with E-state index in [1.807, 2.05) is 29.5 Å². The summed E-state index contributed by atoms with van der Waals surface area (Å²) < 4.78 is 28.7. The van der Waals surface area contributed by atoms with Crippen molar-refractivity contribution in [3.05, 3.63) is 26.8 Å². The van der Waals surface area contributed by atoms with Crippen molar-refractivity contribution in [3.8, 4) is 0 Å². The molecule has 0 aromatic heterocycles. The minimum atomic E-state index is -3.48. The molecule has 1 rings (SSSR count). The van der Waals surface area contributed by atoms with Crippen LogP contribution in [0.3, 0.4) is 0 Å². The molecule has 0 saturated heterocycles. The lowest BCUT2D eigenvalue weighted by atomic mass is 10.3. The predicted molar refractivity (Wildman–Crippen MR) is 75.0 cm³/mol. The molecular weight excluding hydrogens is 363 g/mol. The van der Waals surface area contributed by atoms with E-state index in [1.54, 1.807) is 18.2 Å². The molecule has 0 atom stereocenters. The Morgan fingerprint density at radius 1 is 1.44 bits per heavy atom. The fourth-order valence-electron chi connectivity index (χ4n) is 0.990. The highest BCUT2D eigenvalue weighted by Gasteiger charge is 2.10. The van der Waals surface area contributed by atoms with Crippen molar-refractivity contribution in [2.75, 3.05) is 11.3 Å². The minimum Gasteiger partial charge on any atom is -0.270 e. The summed E-state index contributed by atoms with van der Waals surface area (Å²) in [6, 6.07) is 4.97. The van der Waals surface area contributed by atoms with E-state index in [2.05, 4.69) is 9.44 Å². The molecule has 0 saturated carbocycles. The normalized spacial score (nSPS) is 11.4. The van der Waals surface area contributed by atoms with Crippen LogP contribution in [-0.2, 0) is 10.2 Å². The van der Waals surface area contributed by atoms with E-state index in [0.29, 0.717) is 17.3 Å². The summed E-state index contributed by atoms with van der Waals surface area (Å²) in [4.78, 5) is 0. The van der Waals surface area contributed by atoms with Crippen LogP contribution in [-0.4, -0.2) is 15.0 Å². The van der Waals surface area contributed by atoms with Crippen molar-refractivity contribution >= 4 is 50.1 Å². The van der Waals surface area contributed by atoms with Gasteiger partial charge in [-0.2, -0.15) is 13.1 Å². The van der Waals surface area contributed by atoms with Crippen LogP contribution in [0.15, 0.2) is 18.2 Å². The molecule has 16 heavy (non-hydrogen) atoms. The Balaban J connectivity index is 2.80. The summed E-state index contributed by atoms with van der Waals surface area (Å²) in [5, 5.41) is 0.578. The summed E-state index contributed by atoms with van der Waals surface area (Å²) >= 11 is 7.80. The lowest BCUT2D eigenvalue weighted by Crippen LogP contribution is -2.30. The van der Waals surface area contributed by atoms with Crippen molar-refractivity contribution in [2.45, 2.75) is 13.3 Å². The van der Waals surface area contributed by atoms with Crippen LogP contribution in [0.25, 0.3) is 0 Å². The second-order valence-electron chi connectivity index (χ2n) is 3.12. The minimum absolute atomic E-state index is 0.416. The fraction of sp³-hybridized carbons (Fsp3) is 0.333. The molecule has 0 amide bonds. The molecule has 90 valence electrons. The second-order valence-corrected chi connectivity index (χ2v) is 6.22. The molecule has 0 spiro atoms. The highest BCUT2D eigenvalue weighted by molar-refractivity contribution is 14.1. The Kier molecular flexibility index (Phi) is 5.29. The van der Waals surface area contributed by atoms with E-state index in [4.69, 9.17) is 11.6 Å². The van der Waals surface area contributed by atoms with Crippen LogP contribution in [0.2, 0.25) is 5.02 Å². The molecule has 0 aliphatic heterocycles. The molecule has 0 fully saturated rings. The first-order valence-electron chi connectivity index (χ1n) is 4.67. The van der Waals surface area contributed by atoms with Crippen LogP contribution < -0.4 is 9.44 Å². The van der Waals surface area contributed by atoms with Crippen LogP contribution in [0.1, 0.15) is 13.3 Å². The van der Waals surface area contributed by atoms with Crippen molar-refractivity contribution in [3.63, 3.8) is 0 Å². The molecule has 2 N–H and O–H groups in total. The third-order valence-corrected chi connectivity index (χ3v) is 3.92. The largest absolute Gasteiger partial charge is 0.299 e. The molecule has 0 aliphatic rings. The van der Waals surface area contributed by atoms with Gasteiger partial charge in [0.15, 0.2) is 0 Å². The molecule has 0 radical (unpaired) electrons. The summed E-state index contributed by atoms with van der Waals surface area (Å²) in [7, 11) is -3.48. The molecule has 0 heterocycles. The topological polar surface area (TPSA) is 58.2 Å². The summed E-state index contributed by atoms with van der Waals surface area (Å²) in [6.07, 6.45) is 0.749. The van der Waals surface area contributed by atoms with E-state index in [0.717, 1.165) is 9.99 Å². The van der Waals surface area contributed by atoms with Gasteiger partial charge in [-0.05, 0) is 47.2 Å². The number of benzene rings is 1. The maximum absolute atomic E-state index is 11.5. The predicted octanol–water partition coefficient (Wildman–Crippen LogP) is 2.60. The smallest absolute Gasteiger partial charge is 0.270 e. The zero-order valence-electron chi connectivity index (χ0n) is 8.63. The van der Waals surface area contributed by atoms with Gasteiger partial charge in [0.1, 0.15) is 0 Å². The Labute approximate surface area is 114 Å². The molecule has 4 nitrogen and oxygen atoms in total. The monoisotopic (exact) mass is 374 g/mol. The van der Waals surface area contributed by atoms with E-state index in [-0.39, 0.29) is 0 Å². The van der Waals surface area contributed by atoms with Gasteiger partial charge in [0.25, 0.3) is 10.2 Å². The van der Waals surface area contributed by atoms with E-state index < -0.39 is 10.2 Å². The third kappa shape index (κ3) is 4.44. The maximum atomic E-state index is 11.5. The summed E-state index contributed by atoms with van der Waals surface area (Å²) in [5.41, 5.74) is 0.522. The first-order valence-corrected chi connectivity index (χ1v) is 7.61. The first-order chi connectivity index (χ1) is 7.44. The molecule has 0 unspecified atom stereocenters.